The zero-order chi connectivity index (χ0) is 26.8. The largest absolute Gasteiger partial charge is 0.467 e. The van der Waals surface area contributed by atoms with E-state index < -0.39 is 12.0 Å². The molecule has 0 bridgehead atoms. The number of benzene rings is 1. The van der Waals surface area contributed by atoms with Gasteiger partial charge in [-0.05, 0) is 63.1 Å². The molecule has 1 aliphatic rings. The summed E-state index contributed by atoms with van der Waals surface area (Å²) in [6, 6.07) is 8.29. The van der Waals surface area contributed by atoms with E-state index in [1.165, 1.54) is 7.11 Å². The number of hydrogen-bond acceptors (Lipinski definition) is 7. The summed E-state index contributed by atoms with van der Waals surface area (Å²) in [5.41, 5.74) is 11.3. The van der Waals surface area contributed by atoms with E-state index in [4.69, 9.17) is 10.5 Å². The lowest BCUT2D eigenvalue weighted by Gasteiger charge is -2.29. The third-order valence-corrected chi connectivity index (χ3v) is 6.69. The minimum atomic E-state index is -0.821. The Hall–Kier alpha value is -4.60. The summed E-state index contributed by atoms with van der Waals surface area (Å²) < 4.78 is 5.00. The van der Waals surface area contributed by atoms with Gasteiger partial charge in [0.25, 0.3) is 5.91 Å². The fourth-order valence-corrected chi connectivity index (χ4v) is 4.79. The molecule has 10 nitrogen and oxygen atoms in total. The van der Waals surface area contributed by atoms with Crippen LogP contribution >= 0.6 is 0 Å². The number of ether oxygens (including phenoxy) is 1. The van der Waals surface area contributed by atoms with Crippen LogP contribution in [0.4, 0.5) is 5.82 Å². The fraction of sp³-hybridized carbons (Fsp3) is 0.286. The number of imidazole rings is 1. The summed E-state index contributed by atoms with van der Waals surface area (Å²) in [4.78, 5) is 43.2. The lowest BCUT2D eigenvalue weighted by molar-refractivity contribution is -0.143. The summed E-state index contributed by atoms with van der Waals surface area (Å²) in [6.07, 6.45) is 8.26. The van der Waals surface area contributed by atoms with E-state index in [0.29, 0.717) is 30.1 Å². The molecule has 196 valence electrons. The van der Waals surface area contributed by atoms with Gasteiger partial charge >= 0.3 is 5.97 Å². The number of aryl methyl sites for hydroxylation is 1. The minimum Gasteiger partial charge on any atom is -0.467 e. The average molecular weight is 514 g/mol. The van der Waals surface area contributed by atoms with Crippen LogP contribution in [0, 0.1) is 6.92 Å². The van der Waals surface area contributed by atoms with Crippen molar-refractivity contribution in [2.75, 3.05) is 25.9 Å². The zero-order valence-corrected chi connectivity index (χ0v) is 21.7. The number of allylic oxidation sites excluding steroid dienone is 3. The lowest BCUT2D eigenvalue weighted by Crippen LogP contribution is -2.48. The Morgan fingerprint density at radius 2 is 2.03 bits per heavy atom. The molecule has 1 aliphatic carbocycles. The number of aromatic nitrogens is 4. The number of aromatic amines is 2. The summed E-state index contributed by atoms with van der Waals surface area (Å²) in [5.74, 6) is 0.268. The van der Waals surface area contributed by atoms with E-state index in [9.17, 15) is 9.59 Å². The normalized spacial score (nSPS) is 13.9. The number of likely N-dealkylation sites (N-methyl/N-ethyl adjacent to an activating group) is 1. The molecule has 1 unspecified atom stereocenters. The minimum absolute atomic E-state index is 0.310. The van der Waals surface area contributed by atoms with Gasteiger partial charge in [0.1, 0.15) is 17.7 Å². The number of esters is 1. The van der Waals surface area contributed by atoms with Crippen LogP contribution in [0.5, 0.6) is 0 Å². The number of carbonyl (C=O) groups excluding carboxylic acids is 2. The highest BCUT2D eigenvalue weighted by Gasteiger charge is 2.25. The first-order valence-electron chi connectivity index (χ1n) is 12.6. The number of pyridine rings is 1. The SMILES string of the molecule is CCN(CC(NC(=O)c1ccc2[nH]c(-c3cc(N)nc4nc(C)[nH]c34)cc2c1)C(=O)OC)C1=CCCC=C1. The number of hydrogen-bond donors (Lipinski definition) is 4. The highest BCUT2D eigenvalue weighted by molar-refractivity contribution is 6.01. The van der Waals surface area contributed by atoms with Crippen molar-refractivity contribution >= 4 is 39.8 Å². The molecule has 38 heavy (non-hydrogen) atoms. The molecule has 0 saturated carbocycles. The van der Waals surface area contributed by atoms with Gasteiger partial charge < -0.3 is 30.7 Å². The van der Waals surface area contributed by atoms with Crippen molar-refractivity contribution in [2.45, 2.75) is 32.7 Å². The third-order valence-electron chi connectivity index (χ3n) is 6.69. The Bertz CT molecular complexity index is 1580. The van der Waals surface area contributed by atoms with Crippen LogP contribution < -0.4 is 11.1 Å². The first-order valence-corrected chi connectivity index (χ1v) is 12.6. The van der Waals surface area contributed by atoms with Crippen molar-refractivity contribution in [3.63, 3.8) is 0 Å². The van der Waals surface area contributed by atoms with Crippen molar-refractivity contribution in [1.82, 2.24) is 30.2 Å². The Balaban J connectivity index is 1.40. The number of nitrogens with zero attached hydrogens (tertiary/aromatic N) is 3. The van der Waals surface area contributed by atoms with E-state index in [-0.39, 0.29) is 5.91 Å². The molecule has 1 amide bonds. The number of anilines is 1. The molecule has 5 N–H and O–H groups in total. The summed E-state index contributed by atoms with van der Waals surface area (Å²) in [6.45, 7) is 4.89. The fourth-order valence-electron chi connectivity index (χ4n) is 4.79. The predicted molar refractivity (Wildman–Crippen MR) is 147 cm³/mol. The monoisotopic (exact) mass is 513 g/mol. The van der Waals surface area contributed by atoms with Gasteiger partial charge in [0.2, 0.25) is 0 Å². The van der Waals surface area contributed by atoms with Gasteiger partial charge in [-0.15, -0.1) is 0 Å². The number of amides is 1. The third kappa shape index (κ3) is 4.97. The molecule has 0 aliphatic heterocycles. The van der Waals surface area contributed by atoms with Crippen LogP contribution in [0.2, 0.25) is 0 Å². The Kier molecular flexibility index (Phi) is 6.87. The summed E-state index contributed by atoms with van der Waals surface area (Å²) in [7, 11) is 1.33. The number of rotatable bonds is 8. The van der Waals surface area contributed by atoms with Gasteiger partial charge in [0, 0.05) is 46.5 Å². The molecule has 0 spiro atoms. The van der Waals surface area contributed by atoms with Gasteiger partial charge in [-0.1, -0.05) is 12.2 Å². The van der Waals surface area contributed by atoms with E-state index in [2.05, 4.69) is 48.4 Å². The van der Waals surface area contributed by atoms with Gasteiger partial charge in [-0.3, -0.25) is 4.79 Å². The molecule has 1 atom stereocenters. The topological polar surface area (TPSA) is 142 Å². The Morgan fingerprint density at radius 3 is 2.76 bits per heavy atom. The molecule has 0 radical (unpaired) electrons. The summed E-state index contributed by atoms with van der Waals surface area (Å²) >= 11 is 0. The van der Waals surface area contributed by atoms with Crippen LogP contribution in [0.15, 0.2) is 54.3 Å². The van der Waals surface area contributed by atoms with Crippen LogP contribution in [0.1, 0.15) is 35.9 Å². The molecule has 3 heterocycles. The van der Waals surface area contributed by atoms with Gasteiger partial charge in [-0.2, -0.15) is 0 Å². The average Bonchev–Trinajstić information content (AvgIpc) is 3.52. The number of methoxy groups -OCH3 is 1. The summed E-state index contributed by atoms with van der Waals surface area (Å²) in [5, 5.41) is 3.71. The van der Waals surface area contributed by atoms with E-state index in [1.54, 1.807) is 18.2 Å². The quantitative estimate of drug-likeness (QED) is 0.262. The molecule has 0 fully saturated rings. The molecule has 0 saturated heterocycles. The second-order valence-electron chi connectivity index (χ2n) is 9.30. The number of H-pyrrole nitrogens is 2. The zero-order valence-electron chi connectivity index (χ0n) is 21.7. The molecule has 10 heteroatoms. The van der Waals surface area contributed by atoms with Crippen molar-refractivity contribution in [3.8, 4) is 11.3 Å². The Labute approximate surface area is 220 Å². The predicted octanol–water partition coefficient (Wildman–Crippen LogP) is 3.82. The maximum atomic E-state index is 13.3. The second kappa shape index (κ2) is 10.4. The molecule has 3 aromatic heterocycles. The van der Waals surface area contributed by atoms with E-state index >= 15 is 0 Å². The number of nitrogens with one attached hydrogen (secondary N) is 3. The number of fused-ring (bicyclic) bond motifs is 2. The van der Waals surface area contributed by atoms with Gasteiger partial charge in [-0.25, -0.2) is 14.8 Å². The molecule has 4 aromatic rings. The van der Waals surface area contributed by atoms with Crippen molar-refractivity contribution < 1.29 is 14.3 Å². The van der Waals surface area contributed by atoms with E-state index in [1.807, 2.05) is 26.0 Å². The molecular formula is C28H31N7O3. The number of nitrogen functional groups attached to an aromatic ring is 1. The lowest BCUT2D eigenvalue weighted by atomic mass is 10.1. The van der Waals surface area contributed by atoms with Crippen LogP contribution in [0.3, 0.4) is 0 Å². The van der Waals surface area contributed by atoms with Crippen molar-refractivity contribution in [2.24, 2.45) is 0 Å². The second-order valence-corrected chi connectivity index (χ2v) is 9.30. The molecular weight excluding hydrogens is 482 g/mol. The first-order chi connectivity index (χ1) is 18.4. The highest BCUT2D eigenvalue weighted by Crippen LogP contribution is 2.30. The number of carbonyl (C=O) groups is 2. The maximum Gasteiger partial charge on any atom is 0.330 e. The highest BCUT2D eigenvalue weighted by atomic mass is 16.5. The van der Waals surface area contributed by atoms with Crippen molar-refractivity contribution in [3.05, 3.63) is 65.6 Å². The number of nitrogens with two attached hydrogens (primary N) is 1. The maximum absolute atomic E-state index is 13.3. The molecule has 5 rings (SSSR count). The van der Waals surface area contributed by atoms with Gasteiger partial charge in [0.15, 0.2) is 5.65 Å². The van der Waals surface area contributed by atoms with Crippen LogP contribution in [-0.2, 0) is 9.53 Å². The van der Waals surface area contributed by atoms with Crippen LogP contribution in [-0.4, -0.2) is 63.0 Å². The Morgan fingerprint density at radius 1 is 1.18 bits per heavy atom. The van der Waals surface area contributed by atoms with Crippen molar-refractivity contribution in [1.29, 1.82) is 0 Å². The van der Waals surface area contributed by atoms with Gasteiger partial charge in [0.05, 0.1) is 12.6 Å². The standard InChI is InChI=1S/C28H31N7O3/c1-4-35(19-8-6-5-7-9-19)15-23(28(37)38-3)33-27(36)17-10-11-21-18(12-17)13-22(32-21)20-14-24(29)34-26-25(20)30-16(2)31-26/h6,8-14,23,32H,4-5,7,15H2,1-3H3,(H,33,36)(H3,29,30,31,34). The molecule has 1 aromatic carbocycles. The first kappa shape index (κ1) is 25.1. The van der Waals surface area contributed by atoms with E-state index in [0.717, 1.165) is 52.0 Å². The van der Waals surface area contributed by atoms with Crippen LogP contribution in [0.25, 0.3) is 33.3 Å². The smallest absolute Gasteiger partial charge is 0.330 e.